The topological polar surface area (TPSA) is 78.3 Å². The van der Waals surface area contributed by atoms with Gasteiger partial charge in [0.2, 0.25) is 5.91 Å². The van der Waals surface area contributed by atoms with Crippen molar-refractivity contribution in [2.45, 2.75) is 25.2 Å². The molecule has 7 nitrogen and oxygen atoms in total. The van der Waals surface area contributed by atoms with E-state index >= 15 is 0 Å². The highest BCUT2D eigenvalue weighted by Gasteiger charge is 2.14. The van der Waals surface area contributed by atoms with Gasteiger partial charge in [0.05, 0.1) is 5.75 Å². The van der Waals surface area contributed by atoms with Crippen molar-refractivity contribution in [2.75, 3.05) is 11.1 Å². The number of aryl methyl sites for hydroxylation is 1. The quantitative estimate of drug-likeness (QED) is 0.211. The van der Waals surface area contributed by atoms with Gasteiger partial charge in [-0.1, -0.05) is 53.7 Å². The number of hydrogen-bond donors (Lipinski definition) is 1. The van der Waals surface area contributed by atoms with E-state index in [0.717, 1.165) is 11.5 Å². The first kappa shape index (κ1) is 24.1. The van der Waals surface area contributed by atoms with E-state index in [2.05, 4.69) is 22.1 Å². The number of para-hydroxylation sites is 1. The van der Waals surface area contributed by atoms with Gasteiger partial charge in [-0.3, -0.25) is 9.36 Å². The van der Waals surface area contributed by atoms with Crippen LogP contribution in [0.3, 0.4) is 0 Å². The van der Waals surface area contributed by atoms with Crippen molar-refractivity contribution in [3.63, 3.8) is 0 Å². The standard InChI is InChI=1S/C27H26N4O3S/c1-3-17-31-25(18-33-22-13-9-20(2)10-14-22)29-30-27(31)35-19-26(32)28-21-11-15-24(16-12-21)34-23-7-5-4-6-8-23/h3-16H,1,17-19H2,2H3,(H,28,32). The van der Waals surface area contributed by atoms with E-state index in [1.54, 1.807) is 6.08 Å². The molecular weight excluding hydrogens is 460 g/mol. The summed E-state index contributed by atoms with van der Waals surface area (Å²) in [6.45, 7) is 6.63. The monoisotopic (exact) mass is 486 g/mol. The summed E-state index contributed by atoms with van der Waals surface area (Å²) in [5.74, 6) is 2.93. The second kappa shape index (κ2) is 11.9. The van der Waals surface area contributed by atoms with Crippen LogP contribution in [-0.2, 0) is 17.9 Å². The molecule has 35 heavy (non-hydrogen) atoms. The molecule has 0 unspecified atom stereocenters. The number of nitrogens with one attached hydrogen (secondary N) is 1. The van der Waals surface area contributed by atoms with Crippen LogP contribution in [0, 0.1) is 6.92 Å². The molecule has 0 saturated carbocycles. The van der Waals surface area contributed by atoms with Gasteiger partial charge in [0, 0.05) is 12.2 Å². The van der Waals surface area contributed by atoms with E-state index < -0.39 is 0 Å². The van der Waals surface area contributed by atoms with Crippen molar-refractivity contribution in [1.29, 1.82) is 0 Å². The van der Waals surface area contributed by atoms with Crippen molar-refractivity contribution >= 4 is 23.4 Å². The Hall–Kier alpha value is -4.04. The highest BCUT2D eigenvalue weighted by Crippen LogP contribution is 2.23. The third-order valence-electron chi connectivity index (χ3n) is 4.94. The summed E-state index contributed by atoms with van der Waals surface area (Å²) in [5, 5.41) is 12.0. The zero-order valence-corrected chi connectivity index (χ0v) is 20.2. The molecule has 1 N–H and O–H groups in total. The Balaban J connectivity index is 1.30. The Morgan fingerprint density at radius 1 is 0.971 bits per heavy atom. The van der Waals surface area contributed by atoms with Crippen molar-refractivity contribution < 1.29 is 14.3 Å². The van der Waals surface area contributed by atoms with Crippen LogP contribution < -0.4 is 14.8 Å². The molecule has 0 saturated heterocycles. The van der Waals surface area contributed by atoms with Crippen molar-refractivity contribution in [2.24, 2.45) is 0 Å². The van der Waals surface area contributed by atoms with Gasteiger partial charge in [0.15, 0.2) is 11.0 Å². The van der Waals surface area contributed by atoms with E-state index in [0.29, 0.717) is 29.0 Å². The van der Waals surface area contributed by atoms with Gasteiger partial charge in [0.1, 0.15) is 23.9 Å². The average Bonchev–Trinajstić information content (AvgIpc) is 3.26. The van der Waals surface area contributed by atoms with E-state index in [1.165, 1.54) is 17.3 Å². The Morgan fingerprint density at radius 3 is 2.37 bits per heavy atom. The number of thioether (sulfide) groups is 1. The number of hydrogen-bond acceptors (Lipinski definition) is 6. The van der Waals surface area contributed by atoms with Crippen molar-refractivity contribution in [3.05, 3.63) is 103 Å². The van der Waals surface area contributed by atoms with E-state index in [4.69, 9.17) is 9.47 Å². The predicted octanol–water partition coefficient (Wildman–Crippen LogP) is 5.87. The van der Waals surface area contributed by atoms with Crippen LogP contribution in [0.2, 0.25) is 0 Å². The molecule has 0 aliphatic heterocycles. The lowest BCUT2D eigenvalue weighted by molar-refractivity contribution is -0.113. The molecule has 0 bridgehead atoms. The molecule has 4 rings (SSSR count). The van der Waals surface area contributed by atoms with E-state index in [1.807, 2.05) is 90.4 Å². The Labute approximate surface area is 208 Å². The highest BCUT2D eigenvalue weighted by atomic mass is 32.2. The minimum Gasteiger partial charge on any atom is -0.486 e. The lowest BCUT2D eigenvalue weighted by atomic mass is 10.2. The molecule has 1 amide bonds. The molecule has 1 aromatic heterocycles. The zero-order chi connectivity index (χ0) is 24.5. The Morgan fingerprint density at radius 2 is 1.66 bits per heavy atom. The maximum Gasteiger partial charge on any atom is 0.234 e. The van der Waals surface area contributed by atoms with Gasteiger partial charge in [0.25, 0.3) is 0 Å². The summed E-state index contributed by atoms with van der Waals surface area (Å²) < 4.78 is 13.5. The number of allylic oxidation sites excluding steroid dienone is 1. The van der Waals surface area contributed by atoms with Gasteiger partial charge >= 0.3 is 0 Å². The fourth-order valence-corrected chi connectivity index (χ4v) is 3.95. The number of ether oxygens (including phenoxy) is 2. The molecule has 4 aromatic rings. The van der Waals surface area contributed by atoms with Gasteiger partial charge in [-0.2, -0.15) is 0 Å². The molecular formula is C27H26N4O3S. The normalized spacial score (nSPS) is 10.5. The van der Waals surface area contributed by atoms with Gasteiger partial charge in [-0.15, -0.1) is 16.8 Å². The summed E-state index contributed by atoms with van der Waals surface area (Å²) in [6, 6.07) is 24.6. The lowest BCUT2D eigenvalue weighted by Gasteiger charge is -2.10. The third-order valence-corrected chi connectivity index (χ3v) is 5.91. The Kier molecular flexibility index (Phi) is 8.19. The van der Waals surface area contributed by atoms with Crippen LogP contribution in [0.25, 0.3) is 0 Å². The number of carbonyl (C=O) groups excluding carboxylic acids is 1. The number of rotatable bonds is 11. The third kappa shape index (κ3) is 6.97. The summed E-state index contributed by atoms with van der Waals surface area (Å²) in [4.78, 5) is 12.5. The lowest BCUT2D eigenvalue weighted by Crippen LogP contribution is -2.15. The SMILES string of the molecule is C=CCn1c(COc2ccc(C)cc2)nnc1SCC(=O)Nc1ccc(Oc2ccccc2)cc1. The van der Waals surface area contributed by atoms with Gasteiger partial charge in [-0.05, 0) is 55.5 Å². The fourth-order valence-electron chi connectivity index (χ4n) is 3.19. The number of amides is 1. The molecule has 0 radical (unpaired) electrons. The van der Waals surface area contributed by atoms with E-state index in [-0.39, 0.29) is 18.3 Å². The van der Waals surface area contributed by atoms with Crippen LogP contribution in [0.1, 0.15) is 11.4 Å². The van der Waals surface area contributed by atoms with Crippen LogP contribution in [0.5, 0.6) is 17.2 Å². The first-order chi connectivity index (χ1) is 17.1. The molecule has 0 aliphatic carbocycles. The second-order valence-electron chi connectivity index (χ2n) is 7.68. The van der Waals surface area contributed by atoms with Crippen LogP contribution in [0.15, 0.2) is 96.7 Å². The molecule has 0 aliphatic rings. The first-order valence-electron chi connectivity index (χ1n) is 11.1. The predicted molar refractivity (Wildman–Crippen MR) is 138 cm³/mol. The van der Waals surface area contributed by atoms with Crippen LogP contribution in [0.4, 0.5) is 5.69 Å². The number of aromatic nitrogens is 3. The molecule has 1 heterocycles. The van der Waals surface area contributed by atoms with Gasteiger partial charge in [-0.25, -0.2) is 0 Å². The van der Waals surface area contributed by atoms with Crippen LogP contribution >= 0.6 is 11.8 Å². The number of carbonyl (C=O) groups is 1. The number of anilines is 1. The number of benzene rings is 3. The van der Waals surface area contributed by atoms with Gasteiger partial charge < -0.3 is 14.8 Å². The maximum atomic E-state index is 12.5. The van der Waals surface area contributed by atoms with Crippen molar-refractivity contribution in [1.82, 2.24) is 14.8 Å². The second-order valence-corrected chi connectivity index (χ2v) is 8.62. The molecule has 178 valence electrons. The maximum absolute atomic E-state index is 12.5. The fraction of sp³-hybridized carbons (Fsp3) is 0.148. The average molecular weight is 487 g/mol. The minimum absolute atomic E-state index is 0.141. The van der Waals surface area contributed by atoms with E-state index in [9.17, 15) is 4.79 Å². The van der Waals surface area contributed by atoms with Crippen molar-refractivity contribution in [3.8, 4) is 17.2 Å². The minimum atomic E-state index is -0.141. The molecule has 3 aromatic carbocycles. The Bertz CT molecular complexity index is 1260. The largest absolute Gasteiger partial charge is 0.486 e. The summed E-state index contributed by atoms with van der Waals surface area (Å²) in [6.07, 6.45) is 1.77. The molecule has 8 heteroatoms. The van der Waals surface area contributed by atoms with Crippen LogP contribution in [-0.4, -0.2) is 26.4 Å². The molecule has 0 spiro atoms. The smallest absolute Gasteiger partial charge is 0.234 e. The molecule has 0 atom stereocenters. The summed E-state index contributed by atoms with van der Waals surface area (Å²) in [7, 11) is 0. The zero-order valence-electron chi connectivity index (χ0n) is 19.4. The number of nitrogens with zero attached hydrogens (tertiary/aromatic N) is 3. The summed E-state index contributed by atoms with van der Waals surface area (Å²) in [5.41, 5.74) is 1.86. The molecule has 0 fully saturated rings. The first-order valence-corrected chi connectivity index (χ1v) is 12.1. The highest BCUT2D eigenvalue weighted by molar-refractivity contribution is 7.99. The summed E-state index contributed by atoms with van der Waals surface area (Å²) >= 11 is 1.31.